The molecule has 0 N–H and O–H groups in total. The molecule has 0 spiro atoms. The maximum Gasteiger partial charge on any atom is 0.326 e. The second-order valence-electron chi connectivity index (χ2n) is 11.0. The number of carbonyl (C=O) groups is 4. The number of ether oxygens (including phenoxy) is 2. The first-order valence-electron chi connectivity index (χ1n) is 15.9. The number of fused-ring (bicyclic) bond motifs is 2. The fraction of sp³-hybridized carbons (Fsp3) is 0.471. The molecule has 0 saturated carbocycles. The lowest BCUT2D eigenvalue weighted by atomic mass is 10.1. The smallest absolute Gasteiger partial charge is 0.326 e. The number of nitrogens with zero attached hydrogens (tertiary/aromatic N) is 4. The molecule has 0 aliphatic carbocycles. The summed E-state index contributed by atoms with van der Waals surface area (Å²) in [5.74, 6) is -1.12. The molecular formula is C34H42N4O6S2. The summed E-state index contributed by atoms with van der Waals surface area (Å²) in [5, 5.41) is 0. The third kappa shape index (κ3) is 9.32. The van der Waals surface area contributed by atoms with Crippen molar-refractivity contribution in [2.75, 3.05) is 13.2 Å². The largest absolute Gasteiger partial charge is 0.465 e. The van der Waals surface area contributed by atoms with E-state index in [-0.39, 0.29) is 36.8 Å². The molecule has 2 aromatic carbocycles. The van der Waals surface area contributed by atoms with Crippen molar-refractivity contribution in [1.82, 2.24) is 9.13 Å². The summed E-state index contributed by atoms with van der Waals surface area (Å²) in [5.41, 5.74) is 3.81. The molecule has 0 aliphatic rings. The molecule has 2 aromatic heterocycles. The van der Waals surface area contributed by atoms with E-state index in [0.29, 0.717) is 35.7 Å². The number of para-hydroxylation sites is 2. The van der Waals surface area contributed by atoms with Gasteiger partial charge in [0.25, 0.3) is 0 Å². The van der Waals surface area contributed by atoms with Gasteiger partial charge in [0.1, 0.15) is 13.1 Å². The van der Waals surface area contributed by atoms with Gasteiger partial charge in [-0.2, -0.15) is 9.98 Å². The van der Waals surface area contributed by atoms with Gasteiger partial charge in [0.2, 0.25) is 11.8 Å². The predicted molar refractivity (Wildman–Crippen MR) is 180 cm³/mol. The summed E-state index contributed by atoms with van der Waals surface area (Å²) < 4.78 is 15.8. The Morgan fingerprint density at radius 1 is 0.630 bits per heavy atom. The average molecular weight is 667 g/mol. The van der Waals surface area contributed by atoms with Crippen molar-refractivity contribution in [3.8, 4) is 0 Å². The van der Waals surface area contributed by atoms with E-state index in [2.05, 4.69) is 9.98 Å². The number of carbonyl (C=O) groups excluding carboxylic acids is 4. The molecule has 246 valence electrons. The second kappa shape index (κ2) is 17.1. The van der Waals surface area contributed by atoms with E-state index < -0.39 is 0 Å². The molecule has 4 aromatic rings. The number of unbranched alkanes of at least 4 members (excludes halogenated alkanes) is 5. The van der Waals surface area contributed by atoms with Gasteiger partial charge in [-0.1, -0.05) is 72.6 Å². The molecule has 0 atom stereocenters. The van der Waals surface area contributed by atoms with E-state index >= 15 is 0 Å². The van der Waals surface area contributed by atoms with Gasteiger partial charge in [-0.05, 0) is 63.8 Å². The Bertz CT molecular complexity index is 1710. The summed E-state index contributed by atoms with van der Waals surface area (Å²) >= 11 is 2.80. The third-order valence-electron chi connectivity index (χ3n) is 7.46. The zero-order valence-corrected chi connectivity index (χ0v) is 28.6. The topological polar surface area (TPSA) is 121 Å². The summed E-state index contributed by atoms with van der Waals surface area (Å²) in [6.07, 6.45) is 5.83. The fourth-order valence-electron chi connectivity index (χ4n) is 5.33. The molecular weight excluding hydrogens is 625 g/mol. The maximum absolute atomic E-state index is 12.7. The summed E-state index contributed by atoms with van der Waals surface area (Å²) in [4.78, 5) is 59.7. The number of benzene rings is 2. The Labute approximate surface area is 276 Å². The molecule has 0 radical (unpaired) electrons. The predicted octanol–water partition coefficient (Wildman–Crippen LogP) is 6.14. The van der Waals surface area contributed by atoms with Crippen molar-refractivity contribution < 1.29 is 28.7 Å². The zero-order chi connectivity index (χ0) is 33.1. The monoisotopic (exact) mass is 666 g/mol. The van der Waals surface area contributed by atoms with Crippen LogP contribution >= 0.6 is 22.7 Å². The Morgan fingerprint density at radius 3 is 1.41 bits per heavy atom. The Kier molecular flexibility index (Phi) is 13.0. The van der Waals surface area contributed by atoms with Gasteiger partial charge in [0.05, 0.1) is 33.6 Å². The van der Waals surface area contributed by atoms with E-state index in [1.165, 1.54) is 22.7 Å². The molecule has 0 fully saturated rings. The number of hydrogen-bond acceptors (Lipinski definition) is 8. The number of hydrogen-bond donors (Lipinski definition) is 0. The van der Waals surface area contributed by atoms with Crippen LogP contribution in [0.15, 0.2) is 46.4 Å². The highest BCUT2D eigenvalue weighted by molar-refractivity contribution is 7.16. The third-order valence-corrected chi connectivity index (χ3v) is 9.55. The molecule has 12 heteroatoms. The number of aromatic nitrogens is 2. The molecule has 46 heavy (non-hydrogen) atoms. The minimum atomic E-state index is -0.359. The number of thiazole rings is 2. The molecule has 4 rings (SSSR count). The highest BCUT2D eigenvalue weighted by Gasteiger charge is 2.15. The summed E-state index contributed by atoms with van der Waals surface area (Å²) in [6.45, 7) is 8.10. The molecule has 0 unspecified atom stereocenters. The highest BCUT2D eigenvalue weighted by atomic mass is 32.1. The molecule has 10 nitrogen and oxygen atoms in total. The van der Waals surface area contributed by atoms with Gasteiger partial charge in [0.15, 0.2) is 9.60 Å². The number of esters is 2. The van der Waals surface area contributed by atoms with Gasteiger partial charge in [0, 0.05) is 12.8 Å². The zero-order valence-electron chi connectivity index (χ0n) is 27.0. The van der Waals surface area contributed by atoms with Crippen LogP contribution < -0.4 is 9.60 Å². The van der Waals surface area contributed by atoms with Gasteiger partial charge >= 0.3 is 11.9 Å². The first-order chi connectivity index (χ1) is 22.2. The van der Waals surface area contributed by atoms with Crippen molar-refractivity contribution in [3.05, 3.63) is 57.1 Å². The minimum Gasteiger partial charge on any atom is -0.465 e. The van der Waals surface area contributed by atoms with Crippen LogP contribution in [0.5, 0.6) is 0 Å². The fourth-order valence-corrected chi connectivity index (χ4v) is 7.58. The maximum atomic E-state index is 12.7. The number of rotatable bonds is 15. The normalized spacial score (nSPS) is 12.3. The Morgan fingerprint density at radius 2 is 1.02 bits per heavy atom. The lowest BCUT2D eigenvalue weighted by Gasteiger charge is -2.07. The van der Waals surface area contributed by atoms with E-state index in [0.717, 1.165) is 70.1 Å². The molecule has 0 saturated heterocycles. The quantitative estimate of drug-likeness (QED) is 0.111. The van der Waals surface area contributed by atoms with Crippen LogP contribution in [-0.4, -0.2) is 46.1 Å². The lowest BCUT2D eigenvalue weighted by Crippen LogP contribution is -2.23. The number of amides is 2. The summed E-state index contributed by atoms with van der Waals surface area (Å²) in [6, 6.07) is 11.8. The Balaban J connectivity index is 1.25. The van der Waals surface area contributed by atoms with Crippen LogP contribution in [0.25, 0.3) is 20.4 Å². The van der Waals surface area contributed by atoms with E-state index in [1.54, 1.807) is 23.0 Å². The number of aryl methyl sites for hydroxylation is 2. The molecule has 0 aliphatic heterocycles. The SMILES string of the molecule is CCOC(=O)Cn1c(=NC(=O)CCCCCCCCC(=O)N=c2sc3cccc(C)c3n2CC(=O)OCC)sc2cccc(C)c21. The first-order valence-corrected chi connectivity index (χ1v) is 17.5. The van der Waals surface area contributed by atoms with Gasteiger partial charge < -0.3 is 18.6 Å². The molecule has 2 amide bonds. The van der Waals surface area contributed by atoms with Gasteiger partial charge in [-0.15, -0.1) is 0 Å². The van der Waals surface area contributed by atoms with Crippen LogP contribution in [0.1, 0.15) is 76.3 Å². The van der Waals surface area contributed by atoms with Gasteiger partial charge in [-0.3, -0.25) is 19.2 Å². The molecule has 2 heterocycles. The van der Waals surface area contributed by atoms with Crippen LogP contribution in [0.3, 0.4) is 0 Å². The van der Waals surface area contributed by atoms with Crippen molar-refractivity contribution in [2.24, 2.45) is 9.98 Å². The lowest BCUT2D eigenvalue weighted by molar-refractivity contribution is -0.144. The summed E-state index contributed by atoms with van der Waals surface area (Å²) in [7, 11) is 0. The van der Waals surface area contributed by atoms with E-state index in [4.69, 9.17) is 9.47 Å². The highest BCUT2D eigenvalue weighted by Crippen LogP contribution is 2.22. The van der Waals surface area contributed by atoms with Crippen molar-refractivity contribution in [2.45, 2.75) is 92.2 Å². The standard InChI is InChI=1S/C34H42N4O6S2/c1-5-43-29(41)21-37-31-23(3)15-13-17-25(31)45-33(37)35-27(39)19-11-9-7-8-10-12-20-28(40)36-34-38(22-30(42)44-6-2)32-24(4)16-14-18-26(32)46-34/h13-18H,5-12,19-22H2,1-4H3. The van der Waals surface area contributed by atoms with Crippen molar-refractivity contribution in [3.63, 3.8) is 0 Å². The van der Waals surface area contributed by atoms with Gasteiger partial charge in [-0.25, -0.2) is 0 Å². The van der Waals surface area contributed by atoms with Crippen LogP contribution in [-0.2, 0) is 41.7 Å². The Hall–Kier alpha value is -3.90. The second-order valence-corrected chi connectivity index (χ2v) is 13.0. The van der Waals surface area contributed by atoms with Crippen LogP contribution in [0.4, 0.5) is 0 Å². The van der Waals surface area contributed by atoms with Crippen LogP contribution in [0.2, 0.25) is 0 Å². The van der Waals surface area contributed by atoms with Crippen LogP contribution in [0, 0.1) is 13.8 Å². The van der Waals surface area contributed by atoms with Crippen molar-refractivity contribution >= 4 is 66.9 Å². The minimum absolute atomic E-state index is 0.0118. The average Bonchev–Trinajstić information content (AvgIpc) is 3.53. The molecule has 0 bridgehead atoms. The van der Waals surface area contributed by atoms with Crippen molar-refractivity contribution in [1.29, 1.82) is 0 Å². The first kappa shape index (κ1) is 35.0. The van der Waals surface area contributed by atoms with E-state index in [9.17, 15) is 19.2 Å². The van der Waals surface area contributed by atoms with E-state index in [1.807, 2.05) is 50.2 Å².